The van der Waals surface area contributed by atoms with Gasteiger partial charge in [0.05, 0.1) is 0 Å². The minimum absolute atomic E-state index is 0.383. The fourth-order valence-electron chi connectivity index (χ4n) is 0.825. The first-order valence-corrected chi connectivity index (χ1v) is 5.76. The summed E-state index contributed by atoms with van der Waals surface area (Å²) in [6.45, 7) is 4.32. The maximum Gasteiger partial charge on any atom is 0.00183 e. The first kappa shape index (κ1) is 11.3. The lowest BCUT2D eigenvalue weighted by atomic mass is 10.3. The van der Waals surface area contributed by atoms with E-state index in [1.165, 1.54) is 30.8 Å². The Bertz CT molecular complexity index is 74.0. The van der Waals surface area contributed by atoms with Gasteiger partial charge in [-0.2, -0.15) is 11.8 Å². The molecule has 68 valence electrons. The average Bonchev–Trinajstić information content (AvgIpc) is 1.96. The fraction of sp³-hybridized carbons (Fsp3) is 1.00. The highest BCUT2D eigenvalue weighted by molar-refractivity contribution is 7.99. The van der Waals surface area contributed by atoms with Gasteiger partial charge in [-0.1, -0.05) is 19.8 Å². The van der Waals surface area contributed by atoms with Crippen molar-refractivity contribution in [2.45, 2.75) is 45.6 Å². The van der Waals surface area contributed by atoms with E-state index in [1.54, 1.807) is 0 Å². The normalized spacial score (nSPS) is 13.4. The first-order chi connectivity index (χ1) is 5.27. The zero-order valence-corrected chi connectivity index (χ0v) is 8.62. The standard InChI is InChI=1S/C9H21NS/c1-3-4-5-7-11-8-6-9(2)10/h9H,3-8,10H2,1-2H3. The van der Waals surface area contributed by atoms with Crippen molar-refractivity contribution in [2.24, 2.45) is 5.73 Å². The van der Waals surface area contributed by atoms with E-state index in [0.29, 0.717) is 6.04 Å². The summed E-state index contributed by atoms with van der Waals surface area (Å²) in [5, 5.41) is 0. The van der Waals surface area contributed by atoms with Gasteiger partial charge in [-0.15, -0.1) is 0 Å². The summed E-state index contributed by atoms with van der Waals surface area (Å²) in [5.74, 6) is 2.56. The van der Waals surface area contributed by atoms with Gasteiger partial charge in [0.15, 0.2) is 0 Å². The summed E-state index contributed by atoms with van der Waals surface area (Å²) in [6, 6.07) is 0.383. The minimum Gasteiger partial charge on any atom is -0.328 e. The summed E-state index contributed by atoms with van der Waals surface area (Å²) in [7, 11) is 0. The van der Waals surface area contributed by atoms with Crippen molar-refractivity contribution in [3.63, 3.8) is 0 Å². The molecule has 0 bridgehead atoms. The van der Waals surface area contributed by atoms with Crippen LogP contribution in [0.15, 0.2) is 0 Å². The van der Waals surface area contributed by atoms with Crippen LogP contribution in [0.3, 0.4) is 0 Å². The van der Waals surface area contributed by atoms with E-state index in [0.717, 1.165) is 6.42 Å². The van der Waals surface area contributed by atoms with Gasteiger partial charge >= 0.3 is 0 Å². The van der Waals surface area contributed by atoms with E-state index in [4.69, 9.17) is 5.73 Å². The third kappa shape index (κ3) is 10.3. The molecular formula is C9H21NS. The Hall–Kier alpha value is 0.310. The Morgan fingerprint density at radius 2 is 2.00 bits per heavy atom. The van der Waals surface area contributed by atoms with Crippen molar-refractivity contribution in [3.05, 3.63) is 0 Å². The highest BCUT2D eigenvalue weighted by Crippen LogP contribution is 2.07. The van der Waals surface area contributed by atoms with Crippen molar-refractivity contribution in [1.82, 2.24) is 0 Å². The van der Waals surface area contributed by atoms with Crippen molar-refractivity contribution in [3.8, 4) is 0 Å². The third-order valence-corrected chi connectivity index (χ3v) is 2.71. The summed E-state index contributed by atoms with van der Waals surface area (Å²) in [4.78, 5) is 0. The maximum atomic E-state index is 5.62. The van der Waals surface area contributed by atoms with Crippen LogP contribution in [0, 0.1) is 0 Å². The smallest absolute Gasteiger partial charge is 0.00183 e. The van der Waals surface area contributed by atoms with Crippen LogP contribution in [0.1, 0.15) is 39.5 Å². The minimum atomic E-state index is 0.383. The second kappa shape index (κ2) is 8.41. The number of hydrogen-bond acceptors (Lipinski definition) is 2. The molecule has 0 heterocycles. The molecule has 0 aliphatic carbocycles. The Labute approximate surface area is 75.1 Å². The maximum absolute atomic E-state index is 5.62. The Morgan fingerprint density at radius 1 is 1.27 bits per heavy atom. The Balaban J connectivity index is 2.80. The SMILES string of the molecule is CCCCCSCCC(C)N. The molecule has 0 rings (SSSR count). The zero-order chi connectivity index (χ0) is 8.53. The number of thioether (sulfide) groups is 1. The van der Waals surface area contributed by atoms with Crippen LogP contribution in [0.2, 0.25) is 0 Å². The number of hydrogen-bond donors (Lipinski definition) is 1. The van der Waals surface area contributed by atoms with Gasteiger partial charge in [-0.3, -0.25) is 0 Å². The Kier molecular flexibility index (Phi) is 8.64. The molecule has 0 aromatic heterocycles. The van der Waals surface area contributed by atoms with E-state index < -0.39 is 0 Å². The van der Waals surface area contributed by atoms with Gasteiger partial charge in [0.2, 0.25) is 0 Å². The molecule has 11 heavy (non-hydrogen) atoms. The van der Waals surface area contributed by atoms with Crippen molar-refractivity contribution < 1.29 is 0 Å². The van der Waals surface area contributed by atoms with Crippen molar-refractivity contribution in [1.29, 1.82) is 0 Å². The quantitative estimate of drug-likeness (QED) is 0.602. The summed E-state index contributed by atoms with van der Waals surface area (Å²) in [5.41, 5.74) is 5.62. The molecule has 0 amide bonds. The molecule has 1 nitrogen and oxygen atoms in total. The molecule has 0 spiro atoms. The lowest BCUT2D eigenvalue weighted by Crippen LogP contribution is -2.15. The van der Waals surface area contributed by atoms with Crippen LogP contribution >= 0.6 is 11.8 Å². The highest BCUT2D eigenvalue weighted by Gasteiger charge is 1.93. The lowest BCUT2D eigenvalue weighted by Gasteiger charge is -2.03. The van der Waals surface area contributed by atoms with E-state index in [9.17, 15) is 0 Å². The zero-order valence-electron chi connectivity index (χ0n) is 7.81. The Morgan fingerprint density at radius 3 is 2.55 bits per heavy atom. The van der Waals surface area contributed by atoms with E-state index >= 15 is 0 Å². The largest absolute Gasteiger partial charge is 0.328 e. The number of unbranched alkanes of at least 4 members (excludes halogenated alkanes) is 2. The monoisotopic (exact) mass is 175 g/mol. The molecule has 0 fully saturated rings. The predicted molar refractivity (Wildman–Crippen MR) is 55.1 cm³/mol. The van der Waals surface area contributed by atoms with Gasteiger partial charge in [0.25, 0.3) is 0 Å². The van der Waals surface area contributed by atoms with Crippen molar-refractivity contribution in [2.75, 3.05) is 11.5 Å². The topological polar surface area (TPSA) is 26.0 Å². The van der Waals surface area contributed by atoms with Crippen LogP contribution in [-0.4, -0.2) is 17.5 Å². The summed E-state index contributed by atoms with van der Waals surface area (Å²) >= 11 is 2.04. The first-order valence-electron chi connectivity index (χ1n) is 4.60. The molecule has 0 aromatic rings. The molecule has 0 radical (unpaired) electrons. The van der Waals surface area contributed by atoms with Crippen LogP contribution < -0.4 is 5.73 Å². The van der Waals surface area contributed by atoms with Crippen LogP contribution in [0.25, 0.3) is 0 Å². The van der Waals surface area contributed by atoms with E-state index in [-0.39, 0.29) is 0 Å². The second-order valence-corrected chi connectivity index (χ2v) is 4.31. The van der Waals surface area contributed by atoms with Gasteiger partial charge in [-0.05, 0) is 31.3 Å². The predicted octanol–water partition coefficient (Wildman–Crippen LogP) is 2.65. The molecule has 0 aliphatic heterocycles. The van der Waals surface area contributed by atoms with E-state index in [1.807, 2.05) is 11.8 Å². The fourth-order valence-corrected chi connectivity index (χ4v) is 1.98. The summed E-state index contributed by atoms with van der Waals surface area (Å²) < 4.78 is 0. The van der Waals surface area contributed by atoms with Crippen LogP contribution in [0.5, 0.6) is 0 Å². The molecule has 0 aliphatic rings. The number of nitrogens with two attached hydrogens (primary N) is 1. The molecular weight excluding hydrogens is 154 g/mol. The molecule has 1 atom stereocenters. The van der Waals surface area contributed by atoms with Crippen LogP contribution in [-0.2, 0) is 0 Å². The average molecular weight is 175 g/mol. The molecule has 0 saturated carbocycles. The van der Waals surface area contributed by atoms with Crippen LogP contribution in [0.4, 0.5) is 0 Å². The third-order valence-electron chi connectivity index (χ3n) is 1.61. The second-order valence-electron chi connectivity index (χ2n) is 3.09. The lowest BCUT2D eigenvalue weighted by molar-refractivity contribution is 0.720. The van der Waals surface area contributed by atoms with E-state index in [2.05, 4.69) is 13.8 Å². The van der Waals surface area contributed by atoms with Gasteiger partial charge in [0.1, 0.15) is 0 Å². The van der Waals surface area contributed by atoms with Gasteiger partial charge < -0.3 is 5.73 Å². The molecule has 2 N–H and O–H groups in total. The van der Waals surface area contributed by atoms with Gasteiger partial charge in [0, 0.05) is 6.04 Å². The van der Waals surface area contributed by atoms with Crippen molar-refractivity contribution >= 4 is 11.8 Å². The van der Waals surface area contributed by atoms with Gasteiger partial charge in [-0.25, -0.2) is 0 Å². The summed E-state index contributed by atoms with van der Waals surface area (Å²) in [6.07, 6.45) is 5.25. The molecule has 0 aromatic carbocycles. The molecule has 2 heteroatoms. The number of rotatable bonds is 7. The highest BCUT2D eigenvalue weighted by atomic mass is 32.2. The molecule has 1 unspecified atom stereocenters. The molecule has 0 saturated heterocycles.